The molecule has 162 valence electrons. The Labute approximate surface area is 192 Å². The second kappa shape index (κ2) is 10.4. The molecule has 0 bridgehead atoms. The van der Waals surface area contributed by atoms with Crippen LogP contribution in [0, 0.1) is 0 Å². The maximum atomic E-state index is 12.5. The molecule has 0 saturated carbocycles. The Morgan fingerprint density at radius 3 is 2.52 bits per heavy atom. The van der Waals surface area contributed by atoms with E-state index < -0.39 is 0 Å². The molecule has 31 heavy (non-hydrogen) atoms. The van der Waals surface area contributed by atoms with Crippen molar-refractivity contribution in [2.75, 3.05) is 38.0 Å². The number of nitrogens with zero attached hydrogens (tertiary/aromatic N) is 3. The zero-order chi connectivity index (χ0) is 21.6. The van der Waals surface area contributed by atoms with Gasteiger partial charge in [0.2, 0.25) is 5.91 Å². The van der Waals surface area contributed by atoms with Crippen molar-refractivity contribution in [2.24, 2.45) is 0 Å². The van der Waals surface area contributed by atoms with Crippen molar-refractivity contribution >= 4 is 34.5 Å². The Balaban J connectivity index is 1.24. The lowest BCUT2D eigenvalue weighted by Crippen LogP contribution is -2.48. The number of piperazine rings is 1. The van der Waals surface area contributed by atoms with Crippen molar-refractivity contribution in [1.82, 2.24) is 14.8 Å². The fourth-order valence-corrected chi connectivity index (χ4v) is 4.73. The topological polar surface area (TPSA) is 48.5 Å². The lowest BCUT2D eigenvalue weighted by atomic mass is 10.1. The van der Waals surface area contributed by atoms with Gasteiger partial charge < -0.3 is 5.32 Å². The number of aromatic nitrogens is 1. The minimum absolute atomic E-state index is 0.0569. The summed E-state index contributed by atoms with van der Waals surface area (Å²) in [5.41, 5.74) is 4.29. The minimum atomic E-state index is 0.0569. The summed E-state index contributed by atoms with van der Waals surface area (Å²) in [6.45, 7) is 7.02. The van der Waals surface area contributed by atoms with Gasteiger partial charge in [-0.1, -0.05) is 48.9 Å². The molecule has 2 heterocycles. The van der Waals surface area contributed by atoms with E-state index in [4.69, 9.17) is 16.6 Å². The molecular weight excluding hydrogens is 428 g/mol. The van der Waals surface area contributed by atoms with Gasteiger partial charge in [-0.2, -0.15) is 0 Å². The van der Waals surface area contributed by atoms with E-state index in [9.17, 15) is 4.79 Å². The van der Waals surface area contributed by atoms with Crippen molar-refractivity contribution in [3.8, 4) is 10.6 Å². The third-order valence-corrected chi connectivity index (χ3v) is 6.73. The first-order valence-corrected chi connectivity index (χ1v) is 11.9. The third kappa shape index (κ3) is 5.92. The maximum absolute atomic E-state index is 12.5. The van der Waals surface area contributed by atoms with Crippen LogP contribution in [0.15, 0.2) is 53.9 Å². The highest BCUT2D eigenvalue weighted by Gasteiger charge is 2.20. The van der Waals surface area contributed by atoms with Gasteiger partial charge >= 0.3 is 0 Å². The highest BCUT2D eigenvalue weighted by molar-refractivity contribution is 7.13. The molecule has 2 aromatic carbocycles. The van der Waals surface area contributed by atoms with Crippen molar-refractivity contribution in [2.45, 2.75) is 19.9 Å². The van der Waals surface area contributed by atoms with Crippen LogP contribution in [0.4, 0.5) is 5.69 Å². The SMILES string of the molecule is CCc1ccccc1NC(=O)CN1CCN(Cc2csc(-c3ccc(Cl)cc3)n2)CC1. The highest BCUT2D eigenvalue weighted by Crippen LogP contribution is 2.25. The molecule has 3 aromatic rings. The molecule has 0 spiro atoms. The molecule has 1 aliphatic rings. The van der Waals surface area contributed by atoms with Gasteiger partial charge in [-0.15, -0.1) is 11.3 Å². The molecule has 4 rings (SSSR count). The van der Waals surface area contributed by atoms with Crippen molar-refractivity contribution < 1.29 is 4.79 Å². The van der Waals surface area contributed by atoms with Crippen LogP contribution in [-0.4, -0.2) is 53.4 Å². The zero-order valence-electron chi connectivity index (χ0n) is 17.7. The Morgan fingerprint density at radius 1 is 1.06 bits per heavy atom. The molecule has 0 atom stereocenters. The number of anilines is 1. The van der Waals surface area contributed by atoms with E-state index in [2.05, 4.69) is 33.5 Å². The Bertz CT molecular complexity index is 1010. The van der Waals surface area contributed by atoms with Gasteiger partial charge in [-0.3, -0.25) is 14.6 Å². The molecule has 0 unspecified atom stereocenters. The number of carbonyl (C=O) groups excluding carboxylic acids is 1. The van der Waals surface area contributed by atoms with Crippen molar-refractivity contribution in [3.63, 3.8) is 0 Å². The van der Waals surface area contributed by atoms with Gasteiger partial charge in [0, 0.05) is 54.4 Å². The molecule has 1 amide bonds. The number of rotatable bonds is 7. The summed E-state index contributed by atoms with van der Waals surface area (Å²) in [5, 5.41) is 6.96. The van der Waals surface area contributed by atoms with Crippen LogP contribution >= 0.6 is 22.9 Å². The molecular formula is C24H27ClN4OS. The van der Waals surface area contributed by atoms with E-state index in [1.807, 2.05) is 42.5 Å². The Morgan fingerprint density at radius 2 is 1.77 bits per heavy atom. The Kier molecular flexibility index (Phi) is 7.35. The van der Waals surface area contributed by atoms with E-state index in [1.165, 1.54) is 5.56 Å². The average molecular weight is 455 g/mol. The van der Waals surface area contributed by atoms with Gasteiger partial charge in [-0.25, -0.2) is 4.98 Å². The van der Waals surface area contributed by atoms with E-state index in [0.717, 1.165) is 66.1 Å². The molecule has 1 saturated heterocycles. The molecule has 0 radical (unpaired) electrons. The quantitative estimate of drug-likeness (QED) is 0.558. The largest absolute Gasteiger partial charge is 0.325 e. The predicted octanol–water partition coefficient (Wildman–Crippen LogP) is 4.78. The minimum Gasteiger partial charge on any atom is -0.325 e. The summed E-state index contributed by atoms with van der Waals surface area (Å²) in [7, 11) is 0. The highest BCUT2D eigenvalue weighted by atomic mass is 35.5. The summed E-state index contributed by atoms with van der Waals surface area (Å²) in [6.07, 6.45) is 0.908. The fraction of sp³-hybridized carbons (Fsp3) is 0.333. The molecule has 7 heteroatoms. The first-order valence-electron chi connectivity index (χ1n) is 10.6. The predicted molar refractivity (Wildman–Crippen MR) is 129 cm³/mol. The molecule has 1 aliphatic heterocycles. The van der Waals surface area contributed by atoms with E-state index in [-0.39, 0.29) is 5.91 Å². The smallest absolute Gasteiger partial charge is 0.238 e. The van der Waals surface area contributed by atoms with Gasteiger partial charge in [0.05, 0.1) is 12.2 Å². The lowest BCUT2D eigenvalue weighted by Gasteiger charge is -2.33. The summed E-state index contributed by atoms with van der Waals surface area (Å²) >= 11 is 7.64. The van der Waals surface area contributed by atoms with E-state index in [0.29, 0.717) is 6.54 Å². The second-order valence-electron chi connectivity index (χ2n) is 7.76. The van der Waals surface area contributed by atoms with Crippen molar-refractivity contribution in [3.05, 3.63) is 70.2 Å². The number of thiazole rings is 1. The second-order valence-corrected chi connectivity index (χ2v) is 9.06. The van der Waals surface area contributed by atoms with Gasteiger partial charge in [0.1, 0.15) is 5.01 Å². The number of para-hydroxylation sites is 1. The van der Waals surface area contributed by atoms with Gasteiger partial charge in [-0.05, 0) is 30.2 Å². The van der Waals surface area contributed by atoms with Crippen LogP contribution in [0.5, 0.6) is 0 Å². The monoisotopic (exact) mass is 454 g/mol. The normalized spacial score (nSPS) is 15.2. The van der Waals surface area contributed by atoms with Crippen molar-refractivity contribution in [1.29, 1.82) is 0 Å². The fourth-order valence-electron chi connectivity index (χ4n) is 3.78. The molecule has 5 nitrogen and oxygen atoms in total. The average Bonchev–Trinajstić information content (AvgIpc) is 3.24. The van der Waals surface area contributed by atoms with Gasteiger partial charge in [0.25, 0.3) is 0 Å². The standard InChI is InChI=1S/C24H27ClN4OS/c1-2-18-5-3-4-6-22(18)27-23(30)16-29-13-11-28(12-14-29)15-21-17-31-24(26-21)19-7-9-20(25)10-8-19/h3-10,17H,2,11-16H2,1H3,(H,27,30). The summed E-state index contributed by atoms with van der Waals surface area (Å²) in [4.78, 5) is 21.9. The number of benzene rings is 2. The van der Waals surface area contributed by atoms with Crippen LogP contribution in [0.3, 0.4) is 0 Å². The number of nitrogens with one attached hydrogen (secondary N) is 1. The first kappa shape index (κ1) is 22.0. The van der Waals surface area contributed by atoms with Crippen LogP contribution in [0.1, 0.15) is 18.2 Å². The number of amides is 1. The van der Waals surface area contributed by atoms with E-state index >= 15 is 0 Å². The number of carbonyl (C=O) groups is 1. The maximum Gasteiger partial charge on any atom is 0.238 e. The van der Waals surface area contributed by atoms with Crippen LogP contribution in [0.2, 0.25) is 5.02 Å². The molecule has 1 N–H and O–H groups in total. The lowest BCUT2D eigenvalue weighted by molar-refractivity contribution is -0.117. The summed E-state index contributed by atoms with van der Waals surface area (Å²) in [6, 6.07) is 15.8. The van der Waals surface area contributed by atoms with Crippen LogP contribution < -0.4 is 5.32 Å². The summed E-state index contributed by atoms with van der Waals surface area (Å²) < 4.78 is 0. The number of aryl methyl sites for hydroxylation is 1. The Hall–Kier alpha value is -2.25. The molecule has 1 fully saturated rings. The third-order valence-electron chi connectivity index (χ3n) is 5.53. The first-order chi connectivity index (χ1) is 15.1. The zero-order valence-corrected chi connectivity index (χ0v) is 19.3. The van der Waals surface area contributed by atoms with E-state index in [1.54, 1.807) is 11.3 Å². The summed E-state index contributed by atoms with van der Waals surface area (Å²) in [5.74, 6) is 0.0569. The number of hydrogen-bond acceptors (Lipinski definition) is 5. The van der Waals surface area contributed by atoms with Crippen LogP contribution in [0.25, 0.3) is 10.6 Å². The molecule has 1 aromatic heterocycles. The molecule has 0 aliphatic carbocycles. The van der Waals surface area contributed by atoms with Crippen LogP contribution in [-0.2, 0) is 17.8 Å². The number of hydrogen-bond donors (Lipinski definition) is 1. The van der Waals surface area contributed by atoms with Gasteiger partial charge in [0.15, 0.2) is 0 Å². The number of halogens is 1.